The second-order valence-corrected chi connectivity index (χ2v) is 9.86. The van der Waals surface area contributed by atoms with Gasteiger partial charge in [-0.15, -0.1) is 0 Å². The molecular weight excluding hydrogens is 418 g/mol. The number of sulfone groups is 1. The molecule has 3 aromatic rings. The molecular formula is C22H25N3O5S. The Morgan fingerprint density at radius 1 is 1.29 bits per heavy atom. The van der Waals surface area contributed by atoms with Crippen molar-refractivity contribution in [2.45, 2.75) is 36.8 Å². The summed E-state index contributed by atoms with van der Waals surface area (Å²) < 4.78 is 32.1. The number of aromatic nitrogens is 2. The summed E-state index contributed by atoms with van der Waals surface area (Å²) in [5.74, 6) is 0.146. The molecule has 8 nitrogen and oxygen atoms in total. The summed E-state index contributed by atoms with van der Waals surface area (Å²) in [6.07, 6.45) is 1.49. The fourth-order valence-electron chi connectivity index (χ4n) is 4.01. The Morgan fingerprint density at radius 3 is 2.61 bits per heavy atom. The SMILES string of the molecule is CCS(=O)(=O)c1ccc([C@H](CO)n2c([C@H]3CCCO3)nc3cc(C(N)=O)ccc32)cc1. The zero-order valence-corrected chi connectivity index (χ0v) is 18.0. The maximum absolute atomic E-state index is 12.2. The van der Waals surface area contributed by atoms with Crippen LogP contribution in [-0.2, 0) is 14.6 Å². The van der Waals surface area contributed by atoms with Crippen molar-refractivity contribution in [2.75, 3.05) is 19.0 Å². The molecule has 31 heavy (non-hydrogen) atoms. The largest absolute Gasteiger partial charge is 0.394 e. The van der Waals surface area contributed by atoms with Crippen LogP contribution in [-0.4, -0.2) is 47.9 Å². The molecule has 0 saturated carbocycles. The predicted molar refractivity (Wildman–Crippen MR) is 116 cm³/mol. The van der Waals surface area contributed by atoms with Gasteiger partial charge in [-0.05, 0) is 48.7 Å². The van der Waals surface area contributed by atoms with E-state index in [0.717, 1.165) is 23.9 Å². The normalized spacial score (nSPS) is 17.8. The van der Waals surface area contributed by atoms with Crippen molar-refractivity contribution >= 4 is 26.8 Å². The maximum atomic E-state index is 12.2. The lowest BCUT2D eigenvalue weighted by Crippen LogP contribution is -2.19. The van der Waals surface area contributed by atoms with Gasteiger partial charge in [0.1, 0.15) is 11.9 Å². The van der Waals surface area contributed by atoms with Crippen LogP contribution in [0.1, 0.15) is 53.7 Å². The lowest BCUT2D eigenvalue weighted by atomic mass is 10.1. The lowest BCUT2D eigenvalue weighted by Gasteiger charge is -2.22. The zero-order valence-electron chi connectivity index (χ0n) is 17.2. The molecule has 1 aliphatic rings. The van der Waals surface area contributed by atoms with Crippen LogP contribution >= 0.6 is 0 Å². The van der Waals surface area contributed by atoms with Crippen LogP contribution in [0.5, 0.6) is 0 Å². The molecule has 1 fully saturated rings. The van der Waals surface area contributed by atoms with E-state index < -0.39 is 21.8 Å². The van der Waals surface area contributed by atoms with Gasteiger partial charge in [-0.3, -0.25) is 4.79 Å². The van der Waals surface area contributed by atoms with Crippen LogP contribution in [0.25, 0.3) is 11.0 Å². The number of primary amides is 1. The third-order valence-electron chi connectivity index (χ3n) is 5.71. The molecule has 1 aliphatic heterocycles. The van der Waals surface area contributed by atoms with Crippen LogP contribution in [0.15, 0.2) is 47.4 Å². The van der Waals surface area contributed by atoms with E-state index in [4.69, 9.17) is 15.5 Å². The summed E-state index contributed by atoms with van der Waals surface area (Å²) >= 11 is 0. The molecule has 1 saturated heterocycles. The van der Waals surface area contributed by atoms with Crippen molar-refractivity contribution in [3.05, 3.63) is 59.4 Å². The Balaban J connectivity index is 1.85. The average molecular weight is 444 g/mol. The number of nitrogens with two attached hydrogens (primary N) is 1. The van der Waals surface area contributed by atoms with Crippen molar-refractivity contribution in [3.63, 3.8) is 0 Å². The summed E-state index contributed by atoms with van der Waals surface area (Å²) in [5.41, 5.74) is 7.84. The smallest absolute Gasteiger partial charge is 0.248 e. The number of hydrogen-bond acceptors (Lipinski definition) is 6. The molecule has 1 aromatic heterocycles. The number of benzene rings is 2. The number of amides is 1. The van der Waals surface area contributed by atoms with Crippen molar-refractivity contribution < 1.29 is 23.1 Å². The highest BCUT2D eigenvalue weighted by Gasteiger charge is 2.29. The van der Waals surface area contributed by atoms with Crippen LogP contribution in [0.2, 0.25) is 0 Å². The first-order valence-corrected chi connectivity index (χ1v) is 11.9. The van der Waals surface area contributed by atoms with E-state index in [1.54, 1.807) is 49.4 Å². The minimum atomic E-state index is -3.32. The van der Waals surface area contributed by atoms with E-state index in [1.807, 2.05) is 4.57 Å². The molecule has 9 heteroatoms. The summed E-state index contributed by atoms with van der Waals surface area (Å²) in [6, 6.07) is 11.1. The second-order valence-electron chi connectivity index (χ2n) is 7.58. The van der Waals surface area contributed by atoms with Gasteiger partial charge in [0.05, 0.1) is 34.3 Å². The summed E-state index contributed by atoms with van der Waals surface area (Å²) in [6.45, 7) is 2.02. The highest BCUT2D eigenvalue weighted by molar-refractivity contribution is 7.91. The first-order valence-electron chi connectivity index (χ1n) is 10.2. The number of carbonyl (C=O) groups is 1. The van der Waals surface area contributed by atoms with Crippen molar-refractivity contribution in [1.82, 2.24) is 9.55 Å². The van der Waals surface area contributed by atoms with Crippen LogP contribution < -0.4 is 5.73 Å². The highest BCUT2D eigenvalue weighted by Crippen LogP contribution is 2.35. The van der Waals surface area contributed by atoms with Gasteiger partial charge >= 0.3 is 0 Å². The Morgan fingerprint density at radius 2 is 2.03 bits per heavy atom. The van der Waals surface area contributed by atoms with Gasteiger partial charge in [0, 0.05) is 12.2 Å². The Bertz CT molecular complexity index is 1210. The zero-order chi connectivity index (χ0) is 22.2. The van der Waals surface area contributed by atoms with Gasteiger partial charge in [0.2, 0.25) is 5.91 Å². The third-order valence-corrected chi connectivity index (χ3v) is 7.46. The van der Waals surface area contributed by atoms with Crippen LogP contribution in [0.3, 0.4) is 0 Å². The number of fused-ring (bicyclic) bond motifs is 1. The number of ether oxygens (including phenoxy) is 1. The Labute approximate surface area is 180 Å². The van der Waals surface area contributed by atoms with E-state index >= 15 is 0 Å². The molecule has 0 aliphatic carbocycles. The predicted octanol–water partition coefficient (Wildman–Crippen LogP) is 2.36. The molecule has 4 rings (SSSR count). The molecule has 2 atom stereocenters. The van der Waals surface area contributed by atoms with E-state index in [1.165, 1.54) is 0 Å². The number of rotatable bonds is 7. The minimum absolute atomic E-state index is 0.0211. The molecule has 0 spiro atoms. The monoisotopic (exact) mass is 443 g/mol. The fourth-order valence-corrected chi connectivity index (χ4v) is 4.89. The number of imidazole rings is 1. The van der Waals surface area contributed by atoms with Crippen molar-refractivity contribution in [3.8, 4) is 0 Å². The van der Waals surface area contributed by atoms with Crippen LogP contribution in [0.4, 0.5) is 0 Å². The first kappa shape index (κ1) is 21.5. The lowest BCUT2D eigenvalue weighted by molar-refractivity contribution is 0.0996. The molecule has 164 valence electrons. The van der Waals surface area contributed by atoms with Crippen molar-refractivity contribution in [1.29, 1.82) is 0 Å². The van der Waals surface area contributed by atoms with Gasteiger partial charge < -0.3 is 20.1 Å². The molecule has 2 heterocycles. The summed E-state index contributed by atoms with van der Waals surface area (Å²) in [7, 11) is -3.32. The second kappa shape index (κ2) is 8.41. The van der Waals surface area contributed by atoms with E-state index in [2.05, 4.69) is 0 Å². The molecule has 1 amide bonds. The highest BCUT2D eigenvalue weighted by atomic mass is 32.2. The van der Waals surface area contributed by atoms with Crippen molar-refractivity contribution in [2.24, 2.45) is 5.73 Å². The first-order chi connectivity index (χ1) is 14.9. The van der Waals surface area contributed by atoms with Crippen LogP contribution in [0, 0.1) is 0 Å². The molecule has 0 unspecified atom stereocenters. The van der Waals surface area contributed by atoms with Gasteiger partial charge in [0.25, 0.3) is 0 Å². The van der Waals surface area contributed by atoms with Gasteiger partial charge in [-0.25, -0.2) is 13.4 Å². The van der Waals surface area contributed by atoms with E-state index in [-0.39, 0.29) is 23.4 Å². The van der Waals surface area contributed by atoms with Gasteiger partial charge in [-0.1, -0.05) is 19.1 Å². The minimum Gasteiger partial charge on any atom is -0.394 e. The molecule has 2 aromatic carbocycles. The fraction of sp³-hybridized carbons (Fsp3) is 0.364. The number of aliphatic hydroxyl groups excluding tert-OH is 1. The standard InChI is InChI=1S/C22H25N3O5S/c1-2-31(28,29)16-8-5-14(6-9-16)19(13-26)25-18-10-7-15(21(23)27)12-17(18)24-22(25)20-4-3-11-30-20/h5-10,12,19-20,26H,2-4,11,13H2,1H3,(H2,23,27)/t19-,20+/m0/s1. The number of carbonyl (C=O) groups excluding carboxylic acids is 1. The quantitative estimate of drug-likeness (QED) is 0.578. The maximum Gasteiger partial charge on any atom is 0.248 e. The number of nitrogens with zero attached hydrogens (tertiary/aromatic N) is 2. The average Bonchev–Trinajstić information content (AvgIpc) is 3.42. The van der Waals surface area contributed by atoms with E-state index in [9.17, 15) is 18.3 Å². The number of aliphatic hydroxyl groups is 1. The summed E-state index contributed by atoms with van der Waals surface area (Å²) in [5, 5.41) is 10.3. The Hall–Kier alpha value is -2.75. The Kier molecular flexibility index (Phi) is 5.83. The van der Waals surface area contributed by atoms with Gasteiger partial charge in [0.15, 0.2) is 9.84 Å². The van der Waals surface area contributed by atoms with E-state index in [0.29, 0.717) is 23.5 Å². The third kappa shape index (κ3) is 3.96. The summed E-state index contributed by atoms with van der Waals surface area (Å²) in [4.78, 5) is 16.6. The molecule has 0 bridgehead atoms. The number of hydrogen-bond donors (Lipinski definition) is 2. The molecule has 3 N–H and O–H groups in total. The topological polar surface area (TPSA) is 125 Å². The van der Waals surface area contributed by atoms with Gasteiger partial charge in [-0.2, -0.15) is 0 Å². The molecule has 0 radical (unpaired) electrons.